The van der Waals surface area contributed by atoms with E-state index in [1.165, 1.54) is 12.7 Å². The minimum atomic E-state index is -0.383. The molecule has 1 aliphatic heterocycles. The Morgan fingerprint density at radius 3 is 2.45 bits per heavy atom. The molecule has 6 heteroatoms. The predicted octanol–water partition coefficient (Wildman–Crippen LogP) is 3.06. The van der Waals surface area contributed by atoms with E-state index in [-0.39, 0.29) is 23.6 Å². The van der Waals surface area contributed by atoms with Crippen molar-refractivity contribution in [2.45, 2.75) is 32.5 Å². The van der Waals surface area contributed by atoms with Gasteiger partial charge in [0.15, 0.2) is 0 Å². The van der Waals surface area contributed by atoms with E-state index in [9.17, 15) is 9.59 Å². The Hall–Kier alpha value is -2.86. The van der Waals surface area contributed by atoms with Gasteiger partial charge in [0.2, 0.25) is 0 Å². The lowest BCUT2D eigenvalue weighted by atomic mass is 9.91. The molecule has 29 heavy (non-hydrogen) atoms. The summed E-state index contributed by atoms with van der Waals surface area (Å²) in [5.74, 6) is -0.640. The highest BCUT2D eigenvalue weighted by Gasteiger charge is 2.38. The maximum absolute atomic E-state index is 13.2. The molecule has 1 aromatic heterocycles. The van der Waals surface area contributed by atoms with Crippen molar-refractivity contribution in [3.8, 4) is 0 Å². The van der Waals surface area contributed by atoms with Crippen LogP contribution in [0.2, 0.25) is 0 Å². The Morgan fingerprint density at radius 2 is 1.76 bits per heavy atom. The highest BCUT2D eigenvalue weighted by molar-refractivity contribution is 5.77. The van der Waals surface area contributed by atoms with Crippen LogP contribution in [0.1, 0.15) is 24.9 Å². The molecule has 0 aliphatic carbocycles. The minimum absolute atomic E-state index is 0.0517. The summed E-state index contributed by atoms with van der Waals surface area (Å²) < 4.78 is 8.73. The van der Waals surface area contributed by atoms with Crippen molar-refractivity contribution in [2.24, 2.45) is 5.92 Å². The van der Waals surface area contributed by atoms with Crippen LogP contribution in [0.3, 0.4) is 0 Å². The smallest absolute Gasteiger partial charge is 0.329 e. The number of carbonyl (C=O) groups is 1. The summed E-state index contributed by atoms with van der Waals surface area (Å²) in [4.78, 5) is 28.2. The third kappa shape index (κ3) is 3.60. The van der Waals surface area contributed by atoms with E-state index in [0.29, 0.717) is 13.1 Å². The van der Waals surface area contributed by atoms with Crippen molar-refractivity contribution in [1.82, 2.24) is 14.0 Å². The summed E-state index contributed by atoms with van der Waals surface area (Å²) in [6.07, 6.45) is 0.726. The number of likely N-dealkylation sites (tertiary alicyclic amines) is 1. The molecule has 0 bridgehead atoms. The number of benzene rings is 2. The number of hydrogen-bond acceptors (Lipinski definition) is 4. The highest BCUT2D eigenvalue weighted by Crippen LogP contribution is 2.32. The third-order valence-electron chi connectivity index (χ3n) is 5.93. The number of nitrogens with zero attached hydrogens (tertiary/aromatic N) is 3. The zero-order valence-electron chi connectivity index (χ0n) is 17.0. The number of rotatable bonds is 5. The first-order valence-corrected chi connectivity index (χ1v) is 10.2. The van der Waals surface area contributed by atoms with Crippen LogP contribution in [0.25, 0.3) is 11.0 Å². The maximum atomic E-state index is 13.2. The van der Waals surface area contributed by atoms with Crippen LogP contribution in [0, 0.1) is 5.92 Å². The molecular formula is C23H27N3O3. The van der Waals surface area contributed by atoms with Crippen LogP contribution in [-0.4, -0.2) is 40.2 Å². The number of methoxy groups -OCH3 is 1. The standard InChI is InChI=1S/C23H27N3O3/c1-3-25-20-11-7-8-12-21(20)26(23(25)28)19-13-14-24(16-18(19)22(27)29-2)15-17-9-5-4-6-10-17/h4-12,18-19H,3,13-16H2,1-2H3/t18-,19-/m0/s1. The quantitative estimate of drug-likeness (QED) is 0.625. The van der Waals surface area contributed by atoms with Gasteiger partial charge >= 0.3 is 11.7 Å². The SMILES string of the molecule is CCn1c(=O)n([C@H]2CCN(Cc3ccccc3)C[C@@H]2C(=O)OC)c2ccccc21. The average molecular weight is 393 g/mol. The van der Waals surface area contributed by atoms with Gasteiger partial charge in [-0.2, -0.15) is 0 Å². The second kappa shape index (κ2) is 8.25. The molecule has 2 aromatic carbocycles. The fraction of sp³-hybridized carbons (Fsp3) is 0.391. The first-order chi connectivity index (χ1) is 14.1. The second-order valence-corrected chi connectivity index (χ2v) is 7.59. The van der Waals surface area contributed by atoms with Crippen molar-refractivity contribution < 1.29 is 9.53 Å². The fourth-order valence-corrected chi connectivity index (χ4v) is 4.54. The summed E-state index contributed by atoms with van der Waals surface area (Å²) in [5, 5.41) is 0. The largest absolute Gasteiger partial charge is 0.469 e. The van der Waals surface area contributed by atoms with Gasteiger partial charge < -0.3 is 4.74 Å². The van der Waals surface area contributed by atoms with E-state index in [0.717, 1.165) is 30.5 Å². The van der Waals surface area contributed by atoms with Crippen molar-refractivity contribution in [2.75, 3.05) is 20.2 Å². The molecule has 1 saturated heterocycles. The lowest BCUT2D eigenvalue weighted by Crippen LogP contribution is -2.46. The van der Waals surface area contributed by atoms with Gasteiger partial charge in [0, 0.05) is 26.2 Å². The lowest BCUT2D eigenvalue weighted by Gasteiger charge is -2.37. The van der Waals surface area contributed by atoms with Crippen LogP contribution in [-0.2, 0) is 22.6 Å². The van der Waals surface area contributed by atoms with Crippen LogP contribution in [0.4, 0.5) is 0 Å². The van der Waals surface area contributed by atoms with Gasteiger partial charge in [-0.15, -0.1) is 0 Å². The van der Waals surface area contributed by atoms with E-state index >= 15 is 0 Å². The number of ether oxygens (including phenoxy) is 1. The molecule has 0 N–H and O–H groups in total. The van der Waals surface area contributed by atoms with Gasteiger partial charge in [-0.05, 0) is 31.0 Å². The zero-order valence-corrected chi connectivity index (χ0v) is 17.0. The summed E-state index contributed by atoms with van der Waals surface area (Å²) in [7, 11) is 1.42. The first-order valence-electron chi connectivity index (χ1n) is 10.2. The van der Waals surface area contributed by atoms with E-state index in [4.69, 9.17) is 4.74 Å². The Morgan fingerprint density at radius 1 is 1.07 bits per heavy atom. The van der Waals surface area contributed by atoms with Crippen LogP contribution in [0.15, 0.2) is 59.4 Å². The Balaban J connectivity index is 1.69. The molecule has 152 valence electrons. The van der Waals surface area contributed by atoms with Crippen LogP contribution in [0.5, 0.6) is 0 Å². The summed E-state index contributed by atoms with van der Waals surface area (Å²) in [5.41, 5.74) is 2.96. The van der Waals surface area contributed by atoms with Crippen LogP contribution < -0.4 is 5.69 Å². The molecule has 6 nitrogen and oxygen atoms in total. The number of fused-ring (bicyclic) bond motifs is 1. The third-order valence-corrected chi connectivity index (χ3v) is 5.93. The van der Waals surface area contributed by atoms with Gasteiger partial charge in [-0.25, -0.2) is 4.79 Å². The lowest BCUT2D eigenvalue weighted by molar-refractivity contribution is -0.149. The second-order valence-electron chi connectivity index (χ2n) is 7.59. The fourth-order valence-electron chi connectivity index (χ4n) is 4.54. The summed E-state index contributed by atoms with van der Waals surface area (Å²) in [6, 6.07) is 17.9. The van der Waals surface area contributed by atoms with E-state index in [1.807, 2.05) is 54.0 Å². The van der Waals surface area contributed by atoms with Crippen molar-refractivity contribution in [1.29, 1.82) is 0 Å². The van der Waals surface area contributed by atoms with Crippen molar-refractivity contribution >= 4 is 17.0 Å². The normalized spacial score (nSPS) is 20.1. The molecule has 3 aromatic rings. The van der Waals surface area contributed by atoms with Gasteiger partial charge in [0.1, 0.15) is 0 Å². The molecule has 2 heterocycles. The van der Waals surface area contributed by atoms with Gasteiger partial charge in [-0.3, -0.25) is 18.8 Å². The molecule has 0 amide bonds. The minimum Gasteiger partial charge on any atom is -0.469 e. The zero-order chi connectivity index (χ0) is 20.4. The number of hydrogen-bond donors (Lipinski definition) is 0. The molecule has 0 spiro atoms. The number of aryl methyl sites for hydroxylation is 1. The molecular weight excluding hydrogens is 366 g/mol. The molecule has 4 rings (SSSR count). The topological polar surface area (TPSA) is 56.5 Å². The molecule has 0 saturated carbocycles. The van der Waals surface area contributed by atoms with E-state index in [1.54, 1.807) is 4.57 Å². The Bertz CT molecular complexity index is 1050. The predicted molar refractivity (Wildman–Crippen MR) is 113 cm³/mol. The number of esters is 1. The molecule has 1 aliphatic rings. The molecule has 0 radical (unpaired) electrons. The molecule has 0 unspecified atom stereocenters. The number of aromatic nitrogens is 2. The van der Waals surface area contributed by atoms with Crippen molar-refractivity contribution in [3.05, 3.63) is 70.6 Å². The van der Waals surface area contributed by atoms with Gasteiger partial charge in [0.05, 0.1) is 30.1 Å². The van der Waals surface area contributed by atoms with E-state index in [2.05, 4.69) is 17.0 Å². The molecule has 1 fully saturated rings. The summed E-state index contributed by atoms with van der Waals surface area (Å²) in [6.45, 7) is 4.75. The van der Waals surface area contributed by atoms with Gasteiger partial charge in [0.25, 0.3) is 0 Å². The summed E-state index contributed by atoms with van der Waals surface area (Å²) >= 11 is 0. The number of carbonyl (C=O) groups excluding carboxylic acids is 1. The Kier molecular flexibility index (Phi) is 5.53. The van der Waals surface area contributed by atoms with E-state index < -0.39 is 0 Å². The van der Waals surface area contributed by atoms with Crippen molar-refractivity contribution in [3.63, 3.8) is 0 Å². The average Bonchev–Trinajstić information content (AvgIpc) is 3.05. The first kappa shape index (κ1) is 19.5. The monoisotopic (exact) mass is 393 g/mol. The number of piperidine rings is 1. The number of imidazole rings is 1. The number of para-hydroxylation sites is 2. The highest BCUT2D eigenvalue weighted by atomic mass is 16.5. The molecule has 2 atom stereocenters. The van der Waals surface area contributed by atoms with Crippen LogP contribution >= 0.6 is 0 Å². The Labute approximate surface area is 170 Å². The van der Waals surface area contributed by atoms with Gasteiger partial charge in [-0.1, -0.05) is 42.5 Å². The maximum Gasteiger partial charge on any atom is 0.329 e.